The maximum Gasteiger partial charge on any atom is 0.224 e. The third-order valence-electron chi connectivity index (χ3n) is 3.83. The van der Waals surface area contributed by atoms with Gasteiger partial charge in [0, 0.05) is 23.2 Å². The molecule has 0 aromatic heterocycles. The van der Waals surface area contributed by atoms with Gasteiger partial charge >= 0.3 is 0 Å². The monoisotopic (exact) mass is 364 g/mol. The van der Waals surface area contributed by atoms with Crippen LogP contribution in [0.2, 0.25) is 0 Å². The van der Waals surface area contributed by atoms with Crippen LogP contribution in [0, 0.1) is 12.8 Å². The van der Waals surface area contributed by atoms with E-state index in [1.54, 1.807) is 11.8 Å². The molecule has 2 aromatic rings. The fraction of sp³-hybridized carbons (Fsp3) is 0.316. The summed E-state index contributed by atoms with van der Waals surface area (Å²) in [5, 5.41) is 2.97. The minimum atomic E-state index is -0.277. The Bertz CT molecular complexity index is 619. The van der Waals surface area contributed by atoms with Crippen LogP contribution in [-0.2, 0) is 4.79 Å². The minimum Gasteiger partial charge on any atom is -0.355 e. The molecular weight excluding hydrogens is 340 g/mol. The molecular formula is C19H25ClN2OS. The third kappa shape index (κ3) is 6.19. The van der Waals surface area contributed by atoms with E-state index >= 15 is 0 Å². The lowest BCUT2D eigenvalue weighted by molar-refractivity contribution is -0.125. The zero-order chi connectivity index (χ0) is 16.7. The number of hydrogen-bond donors (Lipinski definition) is 2. The maximum absolute atomic E-state index is 12.2. The van der Waals surface area contributed by atoms with Crippen molar-refractivity contribution < 1.29 is 4.79 Å². The number of carbonyl (C=O) groups is 1. The summed E-state index contributed by atoms with van der Waals surface area (Å²) < 4.78 is 0. The molecule has 0 saturated heterocycles. The van der Waals surface area contributed by atoms with Gasteiger partial charge in [0.25, 0.3) is 0 Å². The first kappa shape index (κ1) is 20.6. The van der Waals surface area contributed by atoms with Gasteiger partial charge in [-0.15, -0.1) is 24.2 Å². The molecule has 3 N–H and O–H groups in total. The second-order valence-electron chi connectivity index (χ2n) is 5.68. The Labute approximate surface area is 154 Å². The molecule has 0 saturated carbocycles. The number of nitrogens with one attached hydrogen (secondary N) is 1. The fourth-order valence-corrected chi connectivity index (χ4v) is 3.03. The highest BCUT2D eigenvalue weighted by Gasteiger charge is 2.21. The lowest BCUT2D eigenvalue weighted by Crippen LogP contribution is -2.36. The molecule has 0 radical (unpaired) electrons. The fourth-order valence-electron chi connectivity index (χ4n) is 2.27. The smallest absolute Gasteiger partial charge is 0.224 e. The Morgan fingerprint density at radius 3 is 2.38 bits per heavy atom. The van der Waals surface area contributed by atoms with E-state index in [1.165, 1.54) is 10.5 Å². The summed E-state index contributed by atoms with van der Waals surface area (Å²) in [4.78, 5) is 13.4. The third-order valence-corrected chi connectivity index (χ3v) is 4.84. The molecule has 2 aromatic carbocycles. The van der Waals surface area contributed by atoms with Crippen LogP contribution in [0.15, 0.2) is 59.5 Å². The molecule has 24 heavy (non-hydrogen) atoms. The number of aryl methyl sites for hydroxylation is 1. The molecule has 0 heterocycles. The van der Waals surface area contributed by atoms with Crippen molar-refractivity contribution in [1.82, 2.24) is 5.32 Å². The molecule has 5 heteroatoms. The van der Waals surface area contributed by atoms with Crippen molar-refractivity contribution in [2.45, 2.75) is 24.8 Å². The van der Waals surface area contributed by atoms with Crippen molar-refractivity contribution in [3.8, 4) is 0 Å². The van der Waals surface area contributed by atoms with E-state index in [1.807, 2.05) is 37.3 Å². The predicted octanol–water partition coefficient (Wildman–Crippen LogP) is 3.96. The Balaban J connectivity index is 0.00000288. The van der Waals surface area contributed by atoms with Gasteiger partial charge in [-0.1, -0.05) is 55.0 Å². The van der Waals surface area contributed by atoms with Crippen LogP contribution in [0.3, 0.4) is 0 Å². The van der Waals surface area contributed by atoms with Crippen molar-refractivity contribution in [2.75, 3.05) is 12.3 Å². The van der Waals surface area contributed by atoms with Crippen LogP contribution in [0.4, 0.5) is 0 Å². The lowest BCUT2D eigenvalue weighted by atomic mass is 9.95. The molecule has 0 spiro atoms. The molecule has 3 nitrogen and oxygen atoms in total. The lowest BCUT2D eigenvalue weighted by Gasteiger charge is -2.19. The van der Waals surface area contributed by atoms with E-state index in [2.05, 4.69) is 36.5 Å². The topological polar surface area (TPSA) is 55.1 Å². The highest BCUT2D eigenvalue weighted by Crippen LogP contribution is 2.20. The zero-order valence-corrected chi connectivity index (χ0v) is 15.7. The van der Waals surface area contributed by atoms with Gasteiger partial charge in [-0.25, -0.2) is 0 Å². The van der Waals surface area contributed by atoms with Gasteiger partial charge in [0.2, 0.25) is 5.91 Å². The Kier molecular flexibility index (Phi) is 8.90. The van der Waals surface area contributed by atoms with Crippen molar-refractivity contribution >= 4 is 30.1 Å². The van der Waals surface area contributed by atoms with Crippen LogP contribution in [0.25, 0.3) is 0 Å². The number of halogens is 1. The average Bonchev–Trinajstić information content (AvgIpc) is 2.59. The molecule has 2 atom stereocenters. The molecule has 0 aliphatic rings. The molecule has 0 aliphatic carbocycles. The van der Waals surface area contributed by atoms with Gasteiger partial charge in [0.1, 0.15) is 0 Å². The van der Waals surface area contributed by atoms with Gasteiger partial charge in [0.05, 0.1) is 5.92 Å². The number of rotatable bonds is 7. The Hall–Kier alpha value is -1.49. The summed E-state index contributed by atoms with van der Waals surface area (Å²) in [6.07, 6.45) is 0. The molecule has 130 valence electrons. The summed E-state index contributed by atoms with van der Waals surface area (Å²) in [5.41, 5.74) is 8.43. The first-order valence-corrected chi connectivity index (χ1v) is 8.84. The van der Waals surface area contributed by atoms with Crippen molar-refractivity contribution in [1.29, 1.82) is 0 Å². The molecule has 0 bridgehead atoms. The van der Waals surface area contributed by atoms with E-state index in [-0.39, 0.29) is 30.3 Å². The van der Waals surface area contributed by atoms with Gasteiger partial charge in [0.15, 0.2) is 0 Å². The standard InChI is InChI=1S/C19H24N2OS.ClH/c1-14-8-10-17(11-9-14)23-13-12-21-19(22)15(2)18(20)16-6-4-3-5-7-16;/h3-11,15,18H,12-13,20H2,1-2H3,(H,21,22);1H. The van der Waals surface area contributed by atoms with E-state index in [0.29, 0.717) is 6.54 Å². The molecule has 2 rings (SSSR count). The van der Waals surface area contributed by atoms with Crippen LogP contribution in [-0.4, -0.2) is 18.2 Å². The molecule has 2 unspecified atom stereocenters. The number of benzene rings is 2. The number of amides is 1. The summed E-state index contributed by atoms with van der Waals surface area (Å²) >= 11 is 1.74. The summed E-state index contributed by atoms with van der Waals surface area (Å²) in [7, 11) is 0. The summed E-state index contributed by atoms with van der Waals surface area (Å²) in [6.45, 7) is 4.59. The number of hydrogen-bond acceptors (Lipinski definition) is 3. The molecule has 0 aliphatic heterocycles. The predicted molar refractivity (Wildman–Crippen MR) is 105 cm³/mol. The Morgan fingerprint density at radius 1 is 1.12 bits per heavy atom. The minimum absolute atomic E-state index is 0. The van der Waals surface area contributed by atoms with Crippen LogP contribution in [0.5, 0.6) is 0 Å². The number of nitrogens with two attached hydrogens (primary N) is 1. The Morgan fingerprint density at radius 2 is 1.75 bits per heavy atom. The highest BCUT2D eigenvalue weighted by molar-refractivity contribution is 7.99. The summed E-state index contributed by atoms with van der Waals surface area (Å²) in [6, 6.07) is 17.9. The maximum atomic E-state index is 12.2. The zero-order valence-electron chi connectivity index (χ0n) is 14.1. The second-order valence-corrected chi connectivity index (χ2v) is 6.85. The van der Waals surface area contributed by atoms with E-state index < -0.39 is 0 Å². The van der Waals surface area contributed by atoms with Crippen LogP contribution < -0.4 is 11.1 Å². The first-order valence-electron chi connectivity index (χ1n) is 7.85. The van der Waals surface area contributed by atoms with Gasteiger partial charge < -0.3 is 11.1 Å². The summed E-state index contributed by atoms with van der Waals surface area (Å²) in [5.74, 6) is 0.606. The average molecular weight is 365 g/mol. The largest absolute Gasteiger partial charge is 0.355 e. The van der Waals surface area contributed by atoms with Crippen molar-refractivity contribution in [2.24, 2.45) is 11.7 Å². The van der Waals surface area contributed by atoms with Crippen molar-refractivity contribution in [3.05, 3.63) is 65.7 Å². The first-order chi connectivity index (χ1) is 11.1. The van der Waals surface area contributed by atoms with E-state index in [0.717, 1.165) is 11.3 Å². The van der Waals surface area contributed by atoms with Crippen LogP contribution >= 0.6 is 24.2 Å². The number of carbonyl (C=O) groups excluding carboxylic acids is 1. The van der Waals surface area contributed by atoms with E-state index in [9.17, 15) is 4.79 Å². The number of thioether (sulfide) groups is 1. The van der Waals surface area contributed by atoms with Gasteiger partial charge in [-0.05, 0) is 24.6 Å². The molecule has 1 amide bonds. The molecule has 0 fully saturated rings. The quantitative estimate of drug-likeness (QED) is 0.577. The van der Waals surface area contributed by atoms with E-state index in [4.69, 9.17) is 5.73 Å². The van der Waals surface area contributed by atoms with Gasteiger partial charge in [-0.2, -0.15) is 0 Å². The second kappa shape index (κ2) is 10.4. The normalized spacial score (nSPS) is 12.8. The van der Waals surface area contributed by atoms with Crippen LogP contribution in [0.1, 0.15) is 24.1 Å². The van der Waals surface area contributed by atoms with Crippen molar-refractivity contribution in [3.63, 3.8) is 0 Å². The van der Waals surface area contributed by atoms with Gasteiger partial charge in [-0.3, -0.25) is 4.79 Å². The highest BCUT2D eigenvalue weighted by atomic mass is 35.5. The SMILES string of the molecule is Cc1ccc(SCCNC(=O)C(C)C(N)c2ccccc2)cc1.Cl.